The molecule has 0 bridgehead atoms. The van der Waals surface area contributed by atoms with Crippen LogP contribution in [0.4, 0.5) is 0 Å². The number of nitrogens with one attached hydrogen (secondary N) is 1. The van der Waals surface area contributed by atoms with Crippen molar-refractivity contribution in [1.29, 1.82) is 0 Å². The Morgan fingerprint density at radius 3 is 3.18 bits per heavy atom. The van der Waals surface area contributed by atoms with Crippen molar-refractivity contribution in [3.8, 4) is 0 Å². The van der Waals surface area contributed by atoms with Crippen LogP contribution in [-0.4, -0.2) is 4.98 Å². The SMILES string of the molecule is NC1CCCc2oc(=O)[nH]c21. The van der Waals surface area contributed by atoms with Gasteiger partial charge in [-0.3, -0.25) is 4.98 Å². The summed E-state index contributed by atoms with van der Waals surface area (Å²) in [4.78, 5) is 13.3. The van der Waals surface area contributed by atoms with Gasteiger partial charge >= 0.3 is 5.76 Å². The minimum absolute atomic E-state index is 0.0369. The lowest BCUT2D eigenvalue weighted by molar-refractivity contribution is 0.434. The number of aryl methyl sites for hydroxylation is 1. The first-order chi connectivity index (χ1) is 5.27. The number of hydrogen-bond acceptors (Lipinski definition) is 3. The second kappa shape index (κ2) is 2.23. The monoisotopic (exact) mass is 154 g/mol. The van der Waals surface area contributed by atoms with Gasteiger partial charge in [-0.25, -0.2) is 4.79 Å². The van der Waals surface area contributed by atoms with E-state index in [1.807, 2.05) is 0 Å². The number of oxazole rings is 1. The molecule has 1 aromatic rings. The zero-order valence-corrected chi connectivity index (χ0v) is 6.09. The van der Waals surface area contributed by atoms with E-state index < -0.39 is 0 Å². The molecular weight excluding hydrogens is 144 g/mol. The highest BCUT2D eigenvalue weighted by atomic mass is 16.4. The maximum Gasteiger partial charge on any atom is 0.416 e. The van der Waals surface area contributed by atoms with Crippen molar-refractivity contribution >= 4 is 0 Å². The molecule has 0 fully saturated rings. The van der Waals surface area contributed by atoms with Crippen LogP contribution in [0.3, 0.4) is 0 Å². The lowest BCUT2D eigenvalue weighted by atomic mass is 9.98. The molecule has 0 saturated carbocycles. The van der Waals surface area contributed by atoms with E-state index in [4.69, 9.17) is 10.2 Å². The molecule has 1 atom stereocenters. The number of rotatable bonds is 0. The van der Waals surface area contributed by atoms with Crippen molar-refractivity contribution in [3.05, 3.63) is 22.0 Å². The third-order valence-electron chi connectivity index (χ3n) is 2.04. The summed E-state index contributed by atoms with van der Waals surface area (Å²) < 4.78 is 4.89. The van der Waals surface area contributed by atoms with E-state index in [-0.39, 0.29) is 11.8 Å². The standard InChI is InChI=1S/C7H10N2O2/c8-4-2-1-3-5-6(4)9-7(10)11-5/h4H,1-3,8H2,(H,9,10). The van der Waals surface area contributed by atoms with Gasteiger partial charge in [0.25, 0.3) is 0 Å². The van der Waals surface area contributed by atoms with Crippen LogP contribution in [0, 0.1) is 0 Å². The molecule has 0 radical (unpaired) electrons. The van der Waals surface area contributed by atoms with E-state index in [1.54, 1.807) is 0 Å². The van der Waals surface area contributed by atoms with E-state index in [9.17, 15) is 4.79 Å². The highest BCUT2D eigenvalue weighted by Gasteiger charge is 2.20. The fraction of sp³-hybridized carbons (Fsp3) is 0.571. The largest absolute Gasteiger partial charge is 0.416 e. The van der Waals surface area contributed by atoms with Gasteiger partial charge in [-0.2, -0.15) is 0 Å². The molecule has 1 aliphatic carbocycles. The zero-order chi connectivity index (χ0) is 7.84. The van der Waals surface area contributed by atoms with Gasteiger partial charge in [0.15, 0.2) is 0 Å². The summed E-state index contributed by atoms with van der Waals surface area (Å²) in [6, 6.07) is -0.0369. The average Bonchev–Trinajstić information content (AvgIpc) is 2.31. The first-order valence-electron chi connectivity index (χ1n) is 3.75. The third kappa shape index (κ3) is 0.991. The van der Waals surface area contributed by atoms with Crippen molar-refractivity contribution in [2.75, 3.05) is 0 Å². The zero-order valence-electron chi connectivity index (χ0n) is 6.09. The van der Waals surface area contributed by atoms with Gasteiger partial charge in [-0.15, -0.1) is 0 Å². The van der Waals surface area contributed by atoms with Crippen LogP contribution in [0.5, 0.6) is 0 Å². The van der Waals surface area contributed by atoms with Gasteiger partial charge in [-0.05, 0) is 12.8 Å². The second-order valence-corrected chi connectivity index (χ2v) is 2.85. The van der Waals surface area contributed by atoms with Gasteiger partial charge in [0.05, 0.1) is 5.69 Å². The van der Waals surface area contributed by atoms with Gasteiger partial charge in [0.1, 0.15) is 5.76 Å². The molecule has 0 aliphatic heterocycles. The molecule has 0 amide bonds. The second-order valence-electron chi connectivity index (χ2n) is 2.85. The van der Waals surface area contributed by atoms with Crippen LogP contribution < -0.4 is 11.5 Å². The number of aromatic amines is 1. The maximum absolute atomic E-state index is 10.7. The predicted octanol–water partition coefficient (Wildman–Crippen LogP) is 0.304. The first-order valence-corrected chi connectivity index (χ1v) is 3.75. The molecule has 4 nitrogen and oxygen atoms in total. The van der Waals surface area contributed by atoms with Crippen LogP contribution in [0.25, 0.3) is 0 Å². The highest BCUT2D eigenvalue weighted by Crippen LogP contribution is 2.24. The van der Waals surface area contributed by atoms with Crippen molar-refractivity contribution in [1.82, 2.24) is 4.98 Å². The van der Waals surface area contributed by atoms with Gasteiger partial charge in [0, 0.05) is 12.5 Å². The third-order valence-corrected chi connectivity index (χ3v) is 2.04. The molecule has 2 rings (SSSR count). The number of hydrogen-bond donors (Lipinski definition) is 2. The molecular formula is C7H10N2O2. The first kappa shape index (κ1) is 6.67. The summed E-state index contributed by atoms with van der Waals surface area (Å²) in [5, 5.41) is 0. The molecule has 3 N–H and O–H groups in total. The fourth-order valence-electron chi connectivity index (χ4n) is 1.48. The lowest BCUT2D eigenvalue weighted by Gasteiger charge is -2.14. The Balaban J connectivity index is 2.52. The van der Waals surface area contributed by atoms with E-state index in [0.29, 0.717) is 0 Å². The summed E-state index contributed by atoms with van der Waals surface area (Å²) in [5.74, 6) is 0.362. The van der Waals surface area contributed by atoms with Crippen molar-refractivity contribution in [2.24, 2.45) is 5.73 Å². The summed E-state index contributed by atoms with van der Waals surface area (Å²) in [7, 11) is 0. The fourth-order valence-corrected chi connectivity index (χ4v) is 1.48. The average molecular weight is 154 g/mol. The maximum atomic E-state index is 10.7. The van der Waals surface area contributed by atoms with E-state index >= 15 is 0 Å². The number of aromatic nitrogens is 1. The molecule has 0 aromatic carbocycles. The van der Waals surface area contributed by atoms with Crippen molar-refractivity contribution < 1.29 is 4.42 Å². The van der Waals surface area contributed by atoms with E-state index in [1.165, 1.54) is 0 Å². The smallest absolute Gasteiger partial charge is 0.413 e. The lowest BCUT2D eigenvalue weighted by Crippen LogP contribution is -2.17. The summed E-state index contributed by atoms with van der Waals surface area (Å²) in [5.41, 5.74) is 6.52. The van der Waals surface area contributed by atoms with Gasteiger partial charge in [-0.1, -0.05) is 0 Å². The molecule has 11 heavy (non-hydrogen) atoms. The minimum atomic E-state index is -0.382. The Labute approximate surface area is 63.4 Å². The quantitative estimate of drug-likeness (QED) is 0.564. The molecule has 1 heterocycles. The minimum Gasteiger partial charge on any atom is -0.413 e. The van der Waals surface area contributed by atoms with Crippen LogP contribution in [0.1, 0.15) is 30.3 Å². The normalized spacial score (nSPS) is 23.2. The van der Waals surface area contributed by atoms with Gasteiger partial charge < -0.3 is 10.2 Å². The Morgan fingerprint density at radius 1 is 1.64 bits per heavy atom. The Kier molecular flexibility index (Phi) is 1.35. The predicted molar refractivity (Wildman–Crippen MR) is 39.2 cm³/mol. The Bertz CT molecular complexity index is 312. The number of fused-ring (bicyclic) bond motifs is 1. The van der Waals surface area contributed by atoms with E-state index in [0.717, 1.165) is 30.7 Å². The number of H-pyrrole nitrogens is 1. The van der Waals surface area contributed by atoms with Crippen LogP contribution >= 0.6 is 0 Å². The molecule has 1 aromatic heterocycles. The number of nitrogens with two attached hydrogens (primary N) is 1. The summed E-state index contributed by atoms with van der Waals surface area (Å²) in [6.45, 7) is 0. The molecule has 0 spiro atoms. The van der Waals surface area contributed by atoms with Crippen LogP contribution in [-0.2, 0) is 6.42 Å². The van der Waals surface area contributed by atoms with Crippen LogP contribution in [0.15, 0.2) is 9.21 Å². The van der Waals surface area contributed by atoms with E-state index in [2.05, 4.69) is 4.98 Å². The molecule has 60 valence electrons. The topological polar surface area (TPSA) is 72.0 Å². The molecule has 1 unspecified atom stereocenters. The van der Waals surface area contributed by atoms with Crippen LogP contribution in [0.2, 0.25) is 0 Å². The molecule has 0 saturated heterocycles. The van der Waals surface area contributed by atoms with Crippen molar-refractivity contribution in [2.45, 2.75) is 25.3 Å². The highest BCUT2D eigenvalue weighted by molar-refractivity contribution is 5.14. The summed E-state index contributed by atoms with van der Waals surface area (Å²) >= 11 is 0. The Hall–Kier alpha value is -1.03. The van der Waals surface area contributed by atoms with Gasteiger partial charge in [0.2, 0.25) is 0 Å². The Morgan fingerprint density at radius 2 is 2.45 bits per heavy atom. The van der Waals surface area contributed by atoms with Crippen molar-refractivity contribution in [3.63, 3.8) is 0 Å². The molecule has 4 heteroatoms. The summed E-state index contributed by atoms with van der Waals surface area (Å²) in [6.07, 6.45) is 2.78. The molecule has 1 aliphatic rings.